The third kappa shape index (κ3) is 4.90. The van der Waals surface area contributed by atoms with Crippen LogP contribution in [0.15, 0.2) is 4.99 Å². The highest BCUT2D eigenvalue weighted by molar-refractivity contribution is 8.14. The minimum atomic E-state index is -0.545. The predicted octanol–water partition coefficient (Wildman–Crippen LogP) is 1.80. The normalized spacial score (nSPS) is 22.2. The van der Waals surface area contributed by atoms with Gasteiger partial charge in [0, 0.05) is 13.6 Å². The van der Waals surface area contributed by atoms with Crippen molar-refractivity contribution in [2.45, 2.75) is 58.2 Å². The largest absolute Gasteiger partial charge is 0.465 e. The van der Waals surface area contributed by atoms with Crippen LogP contribution in [-0.2, 0) is 14.3 Å². The summed E-state index contributed by atoms with van der Waals surface area (Å²) in [6.45, 7) is 5.26. The molecule has 0 saturated carbocycles. The molecule has 0 aromatic carbocycles. The van der Waals surface area contributed by atoms with E-state index in [1.807, 2.05) is 4.90 Å². The Bertz CT molecular complexity index is 569. The number of likely N-dealkylation sites (N-methyl/N-ethyl adjacent to an activating group) is 1. The van der Waals surface area contributed by atoms with Crippen molar-refractivity contribution in [1.29, 1.82) is 0 Å². The van der Waals surface area contributed by atoms with Gasteiger partial charge in [0.25, 0.3) is 5.91 Å². The highest BCUT2D eigenvalue weighted by Crippen LogP contribution is 2.28. The Kier molecular flexibility index (Phi) is 7.74. The molecule has 9 heteroatoms. The molecule has 2 aliphatic rings. The van der Waals surface area contributed by atoms with Gasteiger partial charge in [-0.05, 0) is 12.8 Å². The van der Waals surface area contributed by atoms with Crippen LogP contribution in [0, 0.1) is 0 Å². The van der Waals surface area contributed by atoms with E-state index in [1.54, 1.807) is 7.05 Å². The van der Waals surface area contributed by atoms with E-state index >= 15 is 0 Å². The van der Waals surface area contributed by atoms with Gasteiger partial charge in [-0.2, -0.15) is 0 Å². The SMILES string of the molecule is CCCCCOC(=O)CSC1=NC2C(C(=O)NC(=O)N2C)N1CCCC. The highest BCUT2D eigenvalue weighted by Gasteiger charge is 2.48. The van der Waals surface area contributed by atoms with Crippen LogP contribution >= 0.6 is 11.8 Å². The van der Waals surface area contributed by atoms with Crippen molar-refractivity contribution >= 4 is 34.8 Å². The number of imide groups is 1. The molecule has 2 heterocycles. The van der Waals surface area contributed by atoms with Crippen molar-refractivity contribution in [1.82, 2.24) is 15.1 Å². The first kappa shape index (κ1) is 20.5. The molecule has 2 rings (SSSR count). The zero-order valence-corrected chi connectivity index (χ0v) is 16.5. The van der Waals surface area contributed by atoms with Crippen LogP contribution in [0.4, 0.5) is 4.79 Å². The van der Waals surface area contributed by atoms with Crippen molar-refractivity contribution in [2.24, 2.45) is 4.99 Å². The van der Waals surface area contributed by atoms with Crippen molar-refractivity contribution in [3.05, 3.63) is 0 Å². The maximum absolute atomic E-state index is 12.3. The van der Waals surface area contributed by atoms with Crippen molar-refractivity contribution in [3.63, 3.8) is 0 Å². The van der Waals surface area contributed by atoms with Crippen LogP contribution in [0.5, 0.6) is 0 Å². The number of nitrogens with one attached hydrogen (secondary N) is 1. The minimum absolute atomic E-state index is 0.145. The van der Waals surface area contributed by atoms with E-state index in [-0.39, 0.29) is 17.6 Å². The summed E-state index contributed by atoms with van der Waals surface area (Å²) in [6.07, 6.45) is 4.31. The predicted molar refractivity (Wildman–Crippen MR) is 101 cm³/mol. The number of fused-ring (bicyclic) bond motifs is 1. The van der Waals surface area contributed by atoms with Crippen LogP contribution in [0.25, 0.3) is 0 Å². The third-order valence-electron chi connectivity index (χ3n) is 4.41. The number of hydrogen-bond acceptors (Lipinski definition) is 7. The van der Waals surface area contributed by atoms with Gasteiger partial charge in [-0.1, -0.05) is 44.9 Å². The third-order valence-corrected chi connectivity index (χ3v) is 5.38. The van der Waals surface area contributed by atoms with E-state index in [2.05, 4.69) is 24.2 Å². The Hall–Kier alpha value is -1.77. The minimum Gasteiger partial charge on any atom is -0.465 e. The van der Waals surface area contributed by atoms with Crippen LogP contribution in [0.1, 0.15) is 46.0 Å². The molecule has 3 amide bonds. The summed E-state index contributed by atoms with van der Waals surface area (Å²) < 4.78 is 5.22. The van der Waals surface area contributed by atoms with Crippen LogP contribution in [0.2, 0.25) is 0 Å². The molecule has 2 aliphatic heterocycles. The molecule has 0 aliphatic carbocycles. The topological polar surface area (TPSA) is 91.3 Å². The second kappa shape index (κ2) is 9.80. The van der Waals surface area contributed by atoms with Crippen LogP contribution in [0.3, 0.4) is 0 Å². The zero-order chi connectivity index (χ0) is 19.1. The molecule has 2 unspecified atom stereocenters. The second-order valence-corrected chi connectivity index (χ2v) is 7.38. The molecule has 0 spiro atoms. The maximum Gasteiger partial charge on any atom is 0.325 e. The molecule has 1 saturated heterocycles. The van der Waals surface area contributed by atoms with Crippen molar-refractivity contribution < 1.29 is 19.1 Å². The van der Waals surface area contributed by atoms with Gasteiger partial charge in [0.2, 0.25) is 0 Å². The van der Waals surface area contributed by atoms with Gasteiger partial charge >= 0.3 is 12.0 Å². The maximum atomic E-state index is 12.3. The van der Waals surface area contributed by atoms with E-state index in [9.17, 15) is 14.4 Å². The number of amidine groups is 1. The average Bonchev–Trinajstić information content (AvgIpc) is 2.99. The molecule has 0 bridgehead atoms. The number of unbranched alkanes of at least 4 members (excludes halogenated alkanes) is 3. The van der Waals surface area contributed by atoms with Crippen molar-refractivity contribution in [3.8, 4) is 0 Å². The lowest BCUT2D eigenvalue weighted by molar-refractivity contribution is -0.140. The number of ether oxygens (including phenoxy) is 1. The van der Waals surface area contributed by atoms with E-state index in [0.717, 1.165) is 32.1 Å². The molecule has 2 atom stereocenters. The Morgan fingerprint density at radius 1 is 1.23 bits per heavy atom. The summed E-state index contributed by atoms with van der Waals surface area (Å²) in [4.78, 5) is 44.0. The Labute approximate surface area is 158 Å². The van der Waals surface area contributed by atoms with Gasteiger partial charge in [0.15, 0.2) is 17.4 Å². The fourth-order valence-electron chi connectivity index (χ4n) is 2.89. The molecule has 8 nitrogen and oxygen atoms in total. The second-order valence-electron chi connectivity index (χ2n) is 6.44. The number of amides is 3. The molecule has 1 fully saturated rings. The van der Waals surface area contributed by atoms with E-state index in [4.69, 9.17) is 4.74 Å². The van der Waals surface area contributed by atoms with Crippen LogP contribution < -0.4 is 5.32 Å². The number of thioether (sulfide) groups is 1. The number of nitrogens with zero attached hydrogens (tertiary/aromatic N) is 3. The summed E-state index contributed by atoms with van der Waals surface area (Å²) in [6, 6.07) is -0.982. The molecular formula is C17H28N4O4S. The molecule has 26 heavy (non-hydrogen) atoms. The summed E-state index contributed by atoms with van der Waals surface area (Å²) in [5.74, 6) is -0.476. The first-order valence-corrected chi connectivity index (χ1v) is 10.2. The number of carbonyl (C=O) groups excluding carboxylic acids is 3. The molecule has 146 valence electrons. The fraction of sp³-hybridized carbons (Fsp3) is 0.765. The van der Waals surface area contributed by atoms with E-state index in [1.165, 1.54) is 16.7 Å². The summed E-state index contributed by atoms with van der Waals surface area (Å²) in [7, 11) is 1.62. The lowest BCUT2D eigenvalue weighted by atomic mass is 10.1. The Balaban J connectivity index is 1.98. The van der Waals surface area contributed by atoms with Gasteiger partial charge in [0.1, 0.15) is 0 Å². The zero-order valence-electron chi connectivity index (χ0n) is 15.7. The number of esters is 1. The van der Waals surface area contributed by atoms with Gasteiger partial charge < -0.3 is 14.5 Å². The average molecular weight is 385 g/mol. The summed E-state index contributed by atoms with van der Waals surface area (Å²) in [5.41, 5.74) is 0. The molecule has 0 aromatic rings. The van der Waals surface area contributed by atoms with E-state index < -0.39 is 18.2 Å². The lowest BCUT2D eigenvalue weighted by Crippen LogP contribution is -2.63. The first-order valence-electron chi connectivity index (χ1n) is 9.20. The number of carbonyl (C=O) groups is 3. The van der Waals surface area contributed by atoms with Crippen LogP contribution in [-0.4, -0.2) is 71.0 Å². The number of rotatable bonds is 9. The van der Waals surface area contributed by atoms with Gasteiger partial charge in [-0.25, -0.2) is 9.79 Å². The smallest absolute Gasteiger partial charge is 0.325 e. The van der Waals surface area contributed by atoms with Gasteiger partial charge in [-0.15, -0.1) is 0 Å². The Morgan fingerprint density at radius 3 is 2.65 bits per heavy atom. The lowest BCUT2D eigenvalue weighted by Gasteiger charge is -2.36. The standard InChI is InChI=1S/C17H28N4O4S/c1-4-6-8-10-25-12(22)11-26-17-18-14-13(21(17)9-7-5-2)15(23)19-16(24)20(14)3/h13-14H,4-11H2,1-3H3,(H,19,23,24). The van der Waals surface area contributed by atoms with Gasteiger partial charge in [0.05, 0.1) is 12.4 Å². The molecular weight excluding hydrogens is 356 g/mol. The van der Waals surface area contributed by atoms with E-state index in [0.29, 0.717) is 18.3 Å². The fourth-order valence-corrected chi connectivity index (χ4v) is 3.77. The quantitative estimate of drug-likeness (QED) is 0.481. The number of urea groups is 1. The monoisotopic (exact) mass is 384 g/mol. The number of hydrogen-bond donors (Lipinski definition) is 1. The van der Waals surface area contributed by atoms with Gasteiger partial charge in [-0.3, -0.25) is 14.9 Å². The molecule has 0 aromatic heterocycles. The summed E-state index contributed by atoms with van der Waals surface area (Å²) in [5, 5.41) is 2.99. The molecule has 0 radical (unpaired) electrons. The van der Waals surface area contributed by atoms with Crippen molar-refractivity contribution in [2.75, 3.05) is 26.0 Å². The summed E-state index contributed by atoms with van der Waals surface area (Å²) >= 11 is 1.27. The highest BCUT2D eigenvalue weighted by atomic mass is 32.2. The first-order chi connectivity index (χ1) is 12.5. The number of aliphatic imine (C=N–C) groups is 1. The molecule has 1 N–H and O–H groups in total. The Morgan fingerprint density at radius 2 is 1.96 bits per heavy atom.